The Bertz CT molecular complexity index is 1760. The minimum atomic E-state index is -4.81. The van der Waals surface area contributed by atoms with Gasteiger partial charge >= 0.3 is 11.8 Å². The Labute approximate surface area is 260 Å². The molecule has 6 N–H and O–H groups in total. The van der Waals surface area contributed by atoms with Crippen molar-refractivity contribution in [1.82, 2.24) is 16.0 Å². The normalized spacial score (nSPS) is 12.5. The molecule has 0 radical (unpaired) electrons. The Hall–Kier alpha value is -5.50. The summed E-state index contributed by atoms with van der Waals surface area (Å²) in [5.41, 5.74) is 4.05. The van der Waals surface area contributed by atoms with Crippen LogP contribution in [-0.2, 0) is 38.2 Å². The van der Waals surface area contributed by atoms with E-state index in [9.17, 15) is 37.1 Å². The van der Waals surface area contributed by atoms with Crippen LogP contribution in [0.3, 0.4) is 0 Å². The standard InChI is InChI=1S/C32H30F3N5O6/c33-32(34,35)23-16-29(43)46-26-15-21(11-12-22(23)26)38-31(45)25(14-20-9-5-2-6-10-20)40-28(42)18-37-30(44)24(39-27(41)17-36)13-19-7-3-1-4-8-19/h1-12,15-16,24-25H,13-14,17-18,36H2,(H,37,44)(H,38,45)(H,39,41)(H,40,42)/t24-,25-/m0/s1. The Morgan fingerprint density at radius 2 is 1.33 bits per heavy atom. The lowest BCUT2D eigenvalue weighted by Gasteiger charge is -2.21. The molecule has 240 valence electrons. The van der Waals surface area contributed by atoms with Crippen LogP contribution in [0.4, 0.5) is 18.9 Å². The molecule has 0 aliphatic heterocycles. The molecule has 0 unspecified atom stereocenters. The van der Waals surface area contributed by atoms with Crippen molar-refractivity contribution in [2.45, 2.75) is 31.1 Å². The van der Waals surface area contributed by atoms with Crippen LogP contribution in [0.1, 0.15) is 16.7 Å². The van der Waals surface area contributed by atoms with E-state index in [-0.39, 0.29) is 30.5 Å². The van der Waals surface area contributed by atoms with Crippen molar-refractivity contribution in [3.8, 4) is 0 Å². The van der Waals surface area contributed by atoms with E-state index in [4.69, 9.17) is 10.2 Å². The van der Waals surface area contributed by atoms with Crippen LogP contribution >= 0.6 is 0 Å². The molecule has 14 heteroatoms. The van der Waals surface area contributed by atoms with Crippen molar-refractivity contribution >= 4 is 40.3 Å². The van der Waals surface area contributed by atoms with Crippen LogP contribution < -0.4 is 32.6 Å². The SMILES string of the molecule is NCC(=O)N[C@@H](Cc1ccccc1)C(=O)NCC(=O)N[C@@H](Cc1ccccc1)C(=O)Nc1ccc2c(C(F)(F)F)cc(=O)oc2c1. The monoisotopic (exact) mass is 637 g/mol. The first kappa shape index (κ1) is 33.4. The molecule has 0 aliphatic rings. The topological polar surface area (TPSA) is 173 Å². The van der Waals surface area contributed by atoms with Crippen LogP contribution in [-0.4, -0.2) is 48.8 Å². The maximum absolute atomic E-state index is 13.4. The summed E-state index contributed by atoms with van der Waals surface area (Å²) in [6, 6.07) is 19.1. The molecular weight excluding hydrogens is 607 g/mol. The number of benzene rings is 3. The summed E-state index contributed by atoms with van der Waals surface area (Å²) in [4.78, 5) is 62.9. The largest absolute Gasteiger partial charge is 0.423 e. The molecule has 0 aliphatic carbocycles. The molecule has 0 spiro atoms. The molecule has 0 bridgehead atoms. The molecule has 11 nitrogen and oxygen atoms in total. The summed E-state index contributed by atoms with van der Waals surface area (Å²) in [7, 11) is 0. The van der Waals surface area contributed by atoms with Gasteiger partial charge in [0.2, 0.25) is 23.6 Å². The van der Waals surface area contributed by atoms with E-state index < -0.39 is 65.2 Å². The molecule has 4 rings (SSSR count). The number of carbonyl (C=O) groups excluding carboxylic acids is 4. The Morgan fingerprint density at radius 3 is 1.89 bits per heavy atom. The second-order valence-corrected chi connectivity index (χ2v) is 10.2. The summed E-state index contributed by atoms with van der Waals surface area (Å²) in [5.74, 6) is -2.68. The maximum Gasteiger partial charge on any atom is 0.417 e. The molecule has 0 saturated heterocycles. The highest BCUT2D eigenvalue weighted by Crippen LogP contribution is 2.34. The van der Waals surface area contributed by atoms with Crippen LogP contribution in [0.2, 0.25) is 0 Å². The molecule has 1 heterocycles. The minimum Gasteiger partial charge on any atom is -0.423 e. The van der Waals surface area contributed by atoms with Gasteiger partial charge in [-0.05, 0) is 23.3 Å². The van der Waals surface area contributed by atoms with Crippen LogP contribution in [0, 0.1) is 0 Å². The van der Waals surface area contributed by atoms with Gasteiger partial charge in [-0.15, -0.1) is 0 Å². The second kappa shape index (κ2) is 15.0. The highest BCUT2D eigenvalue weighted by Gasteiger charge is 2.34. The van der Waals surface area contributed by atoms with E-state index in [1.54, 1.807) is 60.7 Å². The first-order chi connectivity index (χ1) is 21.9. The molecule has 4 amide bonds. The third-order valence-corrected chi connectivity index (χ3v) is 6.79. The van der Waals surface area contributed by atoms with Gasteiger partial charge in [-0.25, -0.2) is 4.79 Å². The zero-order valence-electron chi connectivity index (χ0n) is 24.2. The number of amides is 4. The highest BCUT2D eigenvalue weighted by atomic mass is 19.4. The summed E-state index contributed by atoms with van der Waals surface area (Å²) in [6.07, 6.45) is -4.65. The molecule has 0 fully saturated rings. The third kappa shape index (κ3) is 9.25. The van der Waals surface area contributed by atoms with Crippen molar-refractivity contribution in [3.63, 3.8) is 0 Å². The van der Waals surface area contributed by atoms with E-state index in [0.717, 1.165) is 17.7 Å². The van der Waals surface area contributed by atoms with E-state index in [1.165, 1.54) is 6.07 Å². The predicted octanol–water partition coefficient (Wildman–Crippen LogP) is 2.28. The molecule has 3 aromatic carbocycles. The first-order valence-electron chi connectivity index (χ1n) is 14.0. The number of halogens is 3. The van der Waals surface area contributed by atoms with Crippen LogP contribution in [0.15, 0.2) is 94.1 Å². The number of nitrogens with one attached hydrogen (secondary N) is 4. The lowest BCUT2D eigenvalue weighted by molar-refractivity contribution is -0.136. The number of rotatable bonds is 12. The number of hydrogen-bond acceptors (Lipinski definition) is 7. The van der Waals surface area contributed by atoms with Crippen molar-refractivity contribution in [2.24, 2.45) is 5.73 Å². The van der Waals surface area contributed by atoms with E-state index in [0.29, 0.717) is 11.6 Å². The predicted molar refractivity (Wildman–Crippen MR) is 162 cm³/mol. The van der Waals surface area contributed by atoms with Crippen molar-refractivity contribution in [3.05, 3.63) is 112 Å². The van der Waals surface area contributed by atoms with Gasteiger partial charge < -0.3 is 31.4 Å². The summed E-state index contributed by atoms with van der Waals surface area (Å²) < 4.78 is 45.2. The second-order valence-electron chi connectivity index (χ2n) is 10.2. The fraction of sp³-hybridized carbons (Fsp3) is 0.219. The fourth-order valence-electron chi connectivity index (χ4n) is 4.61. The zero-order chi connectivity index (χ0) is 33.3. The highest BCUT2D eigenvalue weighted by molar-refractivity contribution is 5.99. The van der Waals surface area contributed by atoms with Crippen molar-refractivity contribution < 1.29 is 36.8 Å². The van der Waals surface area contributed by atoms with Gasteiger partial charge in [0, 0.05) is 36.0 Å². The summed E-state index contributed by atoms with van der Waals surface area (Å²) in [6.45, 7) is -0.884. The average molecular weight is 638 g/mol. The number of fused-ring (bicyclic) bond motifs is 1. The lowest BCUT2D eigenvalue weighted by atomic mass is 10.0. The lowest BCUT2D eigenvalue weighted by Crippen LogP contribution is -2.53. The number of anilines is 1. The Kier molecular flexibility index (Phi) is 10.9. The van der Waals surface area contributed by atoms with E-state index in [2.05, 4.69) is 21.3 Å². The molecule has 4 aromatic rings. The third-order valence-electron chi connectivity index (χ3n) is 6.79. The van der Waals surface area contributed by atoms with Crippen molar-refractivity contribution in [2.75, 3.05) is 18.4 Å². The fourth-order valence-corrected chi connectivity index (χ4v) is 4.61. The number of nitrogens with two attached hydrogens (primary N) is 1. The molecule has 0 saturated carbocycles. The maximum atomic E-state index is 13.4. The zero-order valence-corrected chi connectivity index (χ0v) is 24.2. The molecule has 46 heavy (non-hydrogen) atoms. The van der Waals surface area contributed by atoms with Gasteiger partial charge in [0.25, 0.3) is 0 Å². The number of carbonyl (C=O) groups is 4. The summed E-state index contributed by atoms with van der Waals surface area (Å²) >= 11 is 0. The quantitative estimate of drug-likeness (QED) is 0.148. The number of hydrogen-bond donors (Lipinski definition) is 5. The number of alkyl halides is 3. The van der Waals surface area contributed by atoms with Gasteiger partial charge in [-0.2, -0.15) is 13.2 Å². The average Bonchev–Trinajstić information content (AvgIpc) is 3.02. The van der Waals surface area contributed by atoms with Gasteiger partial charge in [-0.1, -0.05) is 60.7 Å². The van der Waals surface area contributed by atoms with Gasteiger partial charge in [0.1, 0.15) is 17.7 Å². The molecule has 1 aromatic heterocycles. The van der Waals surface area contributed by atoms with Gasteiger partial charge in [-0.3, -0.25) is 19.2 Å². The Balaban J connectivity index is 1.47. The first-order valence-corrected chi connectivity index (χ1v) is 14.0. The smallest absolute Gasteiger partial charge is 0.417 e. The molecular formula is C32H30F3N5O6. The van der Waals surface area contributed by atoms with Gasteiger partial charge in [0.15, 0.2) is 0 Å². The van der Waals surface area contributed by atoms with Crippen LogP contribution in [0.5, 0.6) is 0 Å². The van der Waals surface area contributed by atoms with E-state index >= 15 is 0 Å². The Morgan fingerprint density at radius 1 is 0.761 bits per heavy atom. The molecule has 2 atom stereocenters. The van der Waals surface area contributed by atoms with E-state index in [1.807, 2.05) is 0 Å². The van der Waals surface area contributed by atoms with Crippen LogP contribution in [0.25, 0.3) is 11.0 Å². The minimum absolute atomic E-state index is 0.0139. The van der Waals surface area contributed by atoms with Crippen molar-refractivity contribution in [1.29, 1.82) is 0 Å². The summed E-state index contributed by atoms with van der Waals surface area (Å²) in [5, 5.41) is 9.71. The van der Waals surface area contributed by atoms with Gasteiger partial charge in [0.05, 0.1) is 18.7 Å².